The van der Waals surface area contributed by atoms with Crippen LogP contribution in [0.25, 0.3) is 17.1 Å². The van der Waals surface area contributed by atoms with Crippen LogP contribution in [0.1, 0.15) is 16.2 Å². The zero-order valence-electron chi connectivity index (χ0n) is 12.5. The van der Waals surface area contributed by atoms with Gasteiger partial charge in [0.25, 0.3) is 0 Å². The molecule has 4 rings (SSSR count). The maximum atomic E-state index is 12.4. The van der Waals surface area contributed by atoms with E-state index in [0.717, 1.165) is 22.3 Å². The molecule has 0 saturated heterocycles. The number of carbonyl (C=O) groups excluding carboxylic acids is 1. The fourth-order valence-electron chi connectivity index (χ4n) is 2.63. The van der Waals surface area contributed by atoms with Crippen LogP contribution in [0.15, 0.2) is 48.5 Å². The van der Waals surface area contributed by atoms with Gasteiger partial charge in [-0.2, -0.15) is 0 Å². The summed E-state index contributed by atoms with van der Waals surface area (Å²) in [6, 6.07) is 13.2. The lowest BCUT2D eigenvalue weighted by Crippen LogP contribution is -2.04. The van der Waals surface area contributed by atoms with Gasteiger partial charge in [-0.1, -0.05) is 24.3 Å². The van der Waals surface area contributed by atoms with Gasteiger partial charge >= 0.3 is 0 Å². The number of carbonyl (C=O) groups is 1. The number of benzene rings is 2. The summed E-state index contributed by atoms with van der Waals surface area (Å²) >= 11 is 0. The molecular weight excluding hydrogens is 292 g/mol. The molecule has 0 N–H and O–H groups in total. The second-order valence-electron chi connectivity index (χ2n) is 5.29. The topological polar surface area (TPSA) is 53.4 Å². The molecule has 5 heteroatoms. The molecule has 0 spiro atoms. The monoisotopic (exact) mass is 306 g/mol. The largest absolute Gasteiger partial charge is 0.454 e. The first-order chi connectivity index (χ1) is 11.2. The molecule has 23 heavy (non-hydrogen) atoms. The molecule has 5 nitrogen and oxygen atoms in total. The summed E-state index contributed by atoms with van der Waals surface area (Å²) in [6.45, 7) is 0.237. The van der Waals surface area contributed by atoms with E-state index in [-0.39, 0.29) is 12.6 Å². The number of imidazole rings is 1. The van der Waals surface area contributed by atoms with Crippen LogP contribution in [0.2, 0.25) is 0 Å². The van der Waals surface area contributed by atoms with Crippen LogP contribution in [0.4, 0.5) is 0 Å². The fourth-order valence-corrected chi connectivity index (χ4v) is 2.63. The minimum atomic E-state index is -0.138. The highest BCUT2D eigenvalue weighted by atomic mass is 16.7. The van der Waals surface area contributed by atoms with Gasteiger partial charge in [-0.15, -0.1) is 0 Å². The Bertz CT molecular complexity index is 941. The smallest absolute Gasteiger partial charge is 0.231 e. The van der Waals surface area contributed by atoms with Gasteiger partial charge < -0.3 is 14.0 Å². The number of rotatable bonds is 3. The van der Waals surface area contributed by atoms with Crippen LogP contribution in [0, 0.1) is 0 Å². The molecule has 0 amide bonds. The Kier molecular flexibility index (Phi) is 3.12. The minimum Gasteiger partial charge on any atom is -0.454 e. The lowest BCUT2D eigenvalue weighted by atomic mass is 10.1. The van der Waals surface area contributed by atoms with Crippen molar-refractivity contribution in [3.05, 3.63) is 59.9 Å². The molecule has 0 unspecified atom stereocenters. The number of ether oxygens (including phenoxy) is 2. The van der Waals surface area contributed by atoms with Crippen molar-refractivity contribution in [2.24, 2.45) is 7.05 Å². The van der Waals surface area contributed by atoms with Crippen molar-refractivity contribution in [2.75, 3.05) is 6.79 Å². The number of aromatic nitrogens is 2. The lowest BCUT2D eigenvalue weighted by molar-refractivity contribution is 0.103. The summed E-state index contributed by atoms with van der Waals surface area (Å²) in [6.07, 6.45) is 3.28. The SMILES string of the molecule is Cn1c(C(=O)/C=C\c2ccc3c(c2)OCO3)nc2ccccc21. The second kappa shape index (κ2) is 5.28. The van der Waals surface area contributed by atoms with Gasteiger partial charge in [0.05, 0.1) is 11.0 Å². The predicted molar refractivity (Wildman–Crippen MR) is 86.6 cm³/mol. The Hall–Kier alpha value is -3.08. The first-order valence-electron chi connectivity index (χ1n) is 7.26. The summed E-state index contributed by atoms with van der Waals surface area (Å²) in [4.78, 5) is 16.8. The van der Waals surface area contributed by atoms with E-state index in [1.165, 1.54) is 6.08 Å². The van der Waals surface area contributed by atoms with Gasteiger partial charge in [0.2, 0.25) is 12.6 Å². The van der Waals surface area contributed by atoms with E-state index in [4.69, 9.17) is 9.47 Å². The zero-order valence-corrected chi connectivity index (χ0v) is 12.5. The third kappa shape index (κ3) is 2.36. The average Bonchev–Trinajstić information content (AvgIpc) is 3.17. The molecule has 2 aromatic carbocycles. The quantitative estimate of drug-likeness (QED) is 0.551. The van der Waals surface area contributed by atoms with Crippen LogP contribution < -0.4 is 9.47 Å². The van der Waals surface area contributed by atoms with E-state index >= 15 is 0 Å². The normalized spacial score (nSPS) is 13.1. The second-order valence-corrected chi connectivity index (χ2v) is 5.29. The molecule has 114 valence electrons. The van der Waals surface area contributed by atoms with Crippen LogP contribution in [-0.4, -0.2) is 22.1 Å². The first kappa shape index (κ1) is 13.6. The maximum absolute atomic E-state index is 12.4. The Morgan fingerprint density at radius 1 is 1.17 bits per heavy atom. The third-order valence-electron chi connectivity index (χ3n) is 3.83. The standard InChI is InChI=1S/C18H14N2O3/c1-20-14-5-3-2-4-13(14)19-18(20)15(21)8-6-12-7-9-16-17(10-12)23-11-22-16/h2-10H,11H2,1H3/b8-6-. The number of allylic oxidation sites excluding steroid dienone is 1. The summed E-state index contributed by atoms with van der Waals surface area (Å²) in [7, 11) is 1.84. The third-order valence-corrected chi connectivity index (χ3v) is 3.83. The minimum absolute atomic E-state index is 0.138. The van der Waals surface area contributed by atoms with Crippen molar-refractivity contribution in [1.29, 1.82) is 0 Å². The molecule has 1 aliphatic rings. The van der Waals surface area contributed by atoms with Crippen LogP contribution >= 0.6 is 0 Å². The number of aryl methyl sites for hydroxylation is 1. The zero-order chi connectivity index (χ0) is 15.8. The molecule has 1 aromatic heterocycles. The number of nitrogens with zero attached hydrogens (tertiary/aromatic N) is 2. The van der Waals surface area contributed by atoms with Crippen LogP contribution in [-0.2, 0) is 7.05 Å². The van der Waals surface area contributed by atoms with E-state index in [1.807, 2.05) is 54.1 Å². The van der Waals surface area contributed by atoms with Crippen molar-refractivity contribution < 1.29 is 14.3 Å². The summed E-state index contributed by atoms with van der Waals surface area (Å²) < 4.78 is 12.4. The Morgan fingerprint density at radius 3 is 2.87 bits per heavy atom. The van der Waals surface area contributed by atoms with Gasteiger partial charge in [0, 0.05) is 7.05 Å². The van der Waals surface area contributed by atoms with Crippen molar-refractivity contribution in [2.45, 2.75) is 0 Å². The first-order valence-corrected chi connectivity index (χ1v) is 7.26. The van der Waals surface area contributed by atoms with Gasteiger partial charge in [-0.05, 0) is 35.9 Å². The van der Waals surface area contributed by atoms with Gasteiger partial charge in [0.15, 0.2) is 17.3 Å². The number of para-hydroxylation sites is 2. The van der Waals surface area contributed by atoms with E-state index in [9.17, 15) is 4.79 Å². The van der Waals surface area contributed by atoms with Crippen molar-refractivity contribution in [3.8, 4) is 11.5 Å². The molecule has 0 aliphatic carbocycles. The molecular formula is C18H14N2O3. The summed E-state index contributed by atoms with van der Waals surface area (Å²) in [5.41, 5.74) is 2.63. The molecule has 0 atom stereocenters. The molecule has 0 radical (unpaired) electrons. The van der Waals surface area contributed by atoms with E-state index in [1.54, 1.807) is 6.08 Å². The lowest BCUT2D eigenvalue weighted by Gasteiger charge is -1.99. The maximum Gasteiger partial charge on any atom is 0.231 e. The Morgan fingerprint density at radius 2 is 2.00 bits per heavy atom. The van der Waals surface area contributed by atoms with E-state index in [2.05, 4.69) is 4.98 Å². The average molecular weight is 306 g/mol. The number of hydrogen-bond acceptors (Lipinski definition) is 4. The highest BCUT2D eigenvalue weighted by molar-refractivity contribution is 6.06. The van der Waals surface area contributed by atoms with Crippen molar-refractivity contribution in [3.63, 3.8) is 0 Å². The summed E-state index contributed by atoms with van der Waals surface area (Å²) in [5.74, 6) is 1.70. The highest BCUT2D eigenvalue weighted by Gasteiger charge is 2.14. The highest BCUT2D eigenvalue weighted by Crippen LogP contribution is 2.32. The van der Waals surface area contributed by atoms with Crippen molar-refractivity contribution >= 4 is 22.9 Å². The van der Waals surface area contributed by atoms with Crippen molar-refractivity contribution in [1.82, 2.24) is 9.55 Å². The Labute approximate surface area is 132 Å². The molecule has 1 aliphatic heterocycles. The van der Waals surface area contributed by atoms with Gasteiger partial charge in [0.1, 0.15) is 0 Å². The number of hydrogen-bond donors (Lipinski definition) is 0. The number of fused-ring (bicyclic) bond motifs is 2. The van der Waals surface area contributed by atoms with E-state index < -0.39 is 0 Å². The molecule has 3 aromatic rings. The van der Waals surface area contributed by atoms with Crippen LogP contribution in [0.5, 0.6) is 11.5 Å². The van der Waals surface area contributed by atoms with E-state index in [0.29, 0.717) is 11.6 Å². The van der Waals surface area contributed by atoms with Gasteiger partial charge in [-0.25, -0.2) is 4.98 Å². The molecule has 0 saturated carbocycles. The van der Waals surface area contributed by atoms with Gasteiger partial charge in [-0.3, -0.25) is 4.79 Å². The molecule has 2 heterocycles. The summed E-state index contributed by atoms with van der Waals surface area (Å²) in [5, 5.41) is 0. The Balaban J connectivity index is 1.62. The number of ketones is 1. The fraction of sp³-hybridized carbons (Fsp3) is 0.111. The van der Waals surface area contributed by atoms with Crippen LogP contribution in [0.3, 0.4) is 0 Å². The molecule has 0 fully saturated rings. The molecule has 0 bridgehead atoms. The predicted octanol–water partition coefficient (Wildman–Crippen LogP) is 3.20.